The van der Waals surface area contributed by atoms with Gasteiger partial charge in [0.05, 0.1) is 17.6 Å². The Bertz CT molecular complexity index is 1090. The number of carbonyl (C=O) groups is 2. The molecular weight excluding hydrogens is 366 g/mol. The van der Waals surface area contributed by atoms with Crippen LogP contribution in [0.25, 0.3) is 10.2 Å². The van der Waals surface area contributed by atoms with Crippen molar-refractivity contribution >= 4 is 33.4 Å². The van der Waals surface area contributed by atoms with E-state index in [0.717, 1.165) is 11.1 Å². The second-order valence-corrected chi connectivity index (χ2v) is 7.39. The lowest BCUT2D eigenvalue weighted by Gasteiger charge is -2.33. The molecule has 8 heteroatoms. The summed E-state index contributed by atoms with van der Waals surface area (Å²) in [6, 6.07) is 9.03. The van der Waals surface area contributed by atoms with Gasteiger partial charge in [-0.25, -0.2) is 4.98 Å². The van der Waals surface area contributed by atoms with Gasteiger partial charge in [-0.15, -0.1) is 11.3 Å². The Hall–Kier alpha value is -3.00. The number of carboxylic acid groups (broad SMARTS) is 1. The molecule has 1 aliphatic rings. The smallest absolute Gasteiger partial charge is 0.312 e. The van der Waals surface area contributed by atoms with Gasteiger partial charge in [-0.2, -0.15) is 0 Å². The number of aryl methyl sites for hydroxylation is 1. The lowest BCUT2D eigenvalue weighted by Crippen LogP contribution is -2.41. The van der Waals surface area contributed by atoms with E-state index in [2.05, 4.69) is 4.98 Å². The van der Waals surface area contributed by atoms with Crippen molar-refractivity contribution in [1.29, 1.82) is 0 Å². The molecule has 1 amide bonds. The third kappa shape index (κ3) is 3.23. The number of hydrogen-bond acceptors (Lipinski definition) is 5. The summed E-state index contributed by atoms with van der Waals surface area (Å²) in [5, 5.41) is 11.9. The maximum absolute atomic E-state index is 12.7. The van der Waals surface area contributed by atoms with Gasteiger partial charge in [0.15, 0.2) is 0 Å². The van der Waals surface area contributed by atoms with E-state index in [9.17, 15) is 19.5 Å². The molecular formula is C19H17N3O4S. The van der Waals surface area contributed by atoms with Crippen molar-refractivity contribution in [2.45, 2.75) is 25.4 Å². The van der Waals surface area contributed by atoms with Crippen molar-refractivity contribution in [1.82, 2.24) is 14.5 Å². The largest absolute Gasteiger partial charge is 0.481 e. The molecule has 1 aromatic carbocycles. The SMILES string of the molecule is O=C(O)C1CN(C(=O)CCn2cnc3sccc3c2=O)Cc2ccccc21. The molecule has 7 nitrogen and oxygen atoms in total. The van der Waals surface area contributed by atoms with Crippen LogP contribution in [0.3, 0.4) is 0 Å². The highest BCUT2D eigenvalue weighted by atomic mass is 32.1. The first-order chi connectivity index (χ1) is 13.0. The van der Waals surface area contributed by atoms with Crippen molar-refractivity contribution in [3.05, 3.63) is 63.5 Å². The molecule has 3 aromatic rings. The van der Waals surface area contributed by atoms with Crippen LogP contribution in [0.15, 0.2) is 46.8 Å². The normalized spacial score (nSPS) is 16.3. The first-order valence-electron chi connectivity index (χ1n) is 8.55. The minimum atomic E-state index is -0.941. The molecule has 4 rings (SSSR count). The molecule has 0 bridgehead atoms. The summed E-state index contributed by atoms with van der Waals surface area (Å²) in [5.41, 5.74) is 1.45. The first-order valence-corrected chi connectivity index (χ1v) is 9.43. The summed E-state index contributed by atoms with van der Waals surface area (Å²) < 4.78 is 1.43. The van der Waals surface area contributed by atoms with Crippen LogP contribution in [-0.4, -0.2) is 38.0 Å². The van der Waals surface area contributed by atoms with Crippen LogP contribution in [0.1, 0.15) is 23.5 Å². The van der Waals surface area contributed by atoms with Crippen molar-refractivity contribution in [2.24, 2.45) is 0 Å². The van der Waals surface area contributed by atoms with Crippen LogP contribution in [0.2, 0.25) is 0 Å². The molecule has 0 saturated heterocycles. The first kappa shape index (κ1) is 17.4. The molecule has 3 heterocycles. The summed E-state index contributed by atoms with van der Waals surface area (Å²) in [6.45, 7) is 0.740. The van der Waals surface area contributed by atoms with Crippen molar-refractivity contribution in [3.63, 3.8) is 0 Å². The molecule has 138 valence electrons. The molecule has 1 N–H and O–H groups in total. The number of hydrogen-bond donors (Lipinski definition) is 1. The Morgan fingerprint density at radius 2 is 2.07 bits per heavy atom. The van der Waals surface area contributed by atoms with E-state index in [4.69, 9.17) is 0 Å². The Labute approximate surface area is 158 Å². The summed E-state index contributed by atoms with van der Waals surface area (Å²) in [5.74, 6) is -1.85. The molecule has 0 aliphatic carbocycles. The van der Waals surface area contributed by atoms with Crippen LogP contribution in [0, 0.1) is 0 Å². The fourth-order valence-corrected chi connectivity index (χ4v) is 4.16. The maximum Gasteiger partial charge on any atom is 0.312 e. The molecule has 0 saturated carbocycles. The fraction of sp³-hybridized carbons (Fsp3) is 0.263. The van der Waals surface area contributed by atoms with Crippen molar-refractivity contribution in [3.8, 4) is 0 Å². The Morgan fingerprint density at radius 1 is 1.26 bits per heavy atom. The van der Waals surface area contributed by atoms with E-state index in [-0.39, 0.29) is 31.0 Å². The predicted octanol–water partition coefficient (Wildman–Crippen LogP) is 2.06. The predicted molar refractivity (Wildman–Crippen MR) is 101 cm³/mol. The van der Waals surface area contributed by atoms with E-state index < -0.39 is 11.9 Å². The van der Waals surface area contributed by atoms with Gasteiger partial charge < -0.3 is 10.0 Å². The molecule has 1 atom stereocenters. The van der Waals surface area contributed by atoms with Crippen LogP contribution >= 0.6 is 11.3 Å². The quantitative estimate of drug-likeness (QED) is 0.744. The number of benzene rings is 1. The van der Waals surface area contributed by atoms with Gasteiger partial charge >= 0.3 is 5.97 Å². The minimum Gasteiger partial charge on any atom is -0.481 e. The van der Waals surface area contributed by atoms with Gasteiger partial charge in [0.2, 0.25) is 5.91 Å². The van der Waals surface area contributed by atoms with Gasteiger partial charge in [0.1, 0.15) is 4.83 Å². The average Bonchev–Trinajstić information content (AvgIpc) is 3.16. The summed E-state index contributed by atoms with van der Waals surface area (Å²) in [4.78, 5) is 43.2. The molecule has 0 radical (unpaired) electrons. The number of rotatable bonds is 4. The van der Waals surface area contributed by atoms with Gasteiger partial charge in [-0.3, -0.25) is 19.0 Å². The highest BCUT2D eigenvalue weighted by molar-refractivity contribution is 7.16. The van der Waals surface area contributed by atoms with Crippen LogP contribution in [-0.2, 0) is 22.7 Å². The number of nitrogens with zero attached hydrogens (tertiary/aromatic N) is 3. The molecule has 1 unspecified atom stereocenters. The van der Waals surface area contributed by atoms with E-state index in [1.54, 1.807) is 17.0 Å². The highest BCUT2D eigenvalue weighted by Crippen LogP contribution is 2.28. The third-order valence-electron chi connectivity index (χ3n) is 4.86. The zero-order chi connectivity index (χ0) is 19.0. The standard InChI is InChI=1S/C19H17N3O4S/c23-16(5-7-21-11-20-17-14(18(21)24)6-8-27-17)22-9-12-3-1-2-4-13(12)15(10-22)19(25)26/h1-4,6,8,11,15H,5,7,9-10H2,(H,25,26). The second kappa shape index (κ2) is 6.96. The van der Waals surface area contributed by atoms with Gasteiger partial charge in [-0.05, 0) is 22.6 Å². The fourth-order valence-electron chi connectivity index (χ4n) is 3.43. The Kier molecular flexibility index (Phi) is 4.49. The van der Waals surface area contributed by atoms with E-state index >= 15 is 0 Å². The van der Waals surface area contributed by atoms with Crippen molar-refractivity contribution in [2.75, 3.05) is 6.54 Å². The maximum atomic E-state index is 12.7. The van der Waals surface area contributed by atoms with Crippen LogP contribution < -0.4 is 5.56 Å². The zero-order valence-corrected chi connectivity index (χ0v) is 15.2. The van der Waals surface area contributed by atoms with Crippen molar-refractivity contribution < 1.29 is 14.7 Å². The zero-order valence-electron chi connectivity index (χ0n) is 14.4. The molecule has 0 fully saturated rings. The number of fused-ring (bicyclic) bond motifs is 2. The summed E-state index contributed by atoms with van der Waals surface area (Å²) in [6.07, 6.45) is 1.58. The number of carbonyl (C=O) groups excluding carboxylic acids is 1. The lowest BCUT2D eigenvalue weighted by molar-refractivity contribution is -0.141. The Morgan fingerprint density at radius 3 is 2.89 bits per heavy atom. The van der Waals surface area contributed by atoms with E-state index in [0.29, 0.717) is 16.8 Å². The number of amides is 1. The number of carboxylic acids is 1. The topological polar surface area (TPSA) is 92.5 Å². The summed E-state index contributed by atoms with van der Waals surface area (Å²) in [7, 11) is 0. The summed E-state index contributed by atoms with van der Waals surface area (Å²) >= 11 is 1.40. The molecule has 1 aliphatic heterocycles. The Balaban J connectivity index is 1.50. The molecule has 0 spiro atoms. The van der Waals surface area contributed by atoms with E-state index in [1.807, 2.05) is 23.6 Å². The highest BCUT2D eigenvalue weighted by Gasteiger charge is 2.32. The third-order valence-corrected chi connectivity index (χ3v) is 5.68. The van der Waals surface area contributed by atoms with E-state index in [1.165, 1.54) is 22.2 Å². The van der Waals surface area contributed by atoms with Crippen LogP contribution in [0.4, 0.5) is 0 Å². The molecule has 27 heavy (non-hydrogen) atoms. The monoisotopic (exact) mass is 383 g/mol. The number of aliphatic carboxylic acids is 1. The minimum absolute atomic E-state index is 0.117. The average molecular weight is 383 g/mol. The second-order valence-electron chi connectivity index (χ2n) is 6.50. The van der Waals surface area contributed by atoms with Gasteiger partial charge in [-0.1, -0.05) is 24.3 Å². The molecule has 2 aromatic heterocycles. The lowest BCUT2D eigenvalue weighted by atomic mass is 9.89. The van der Waals surface area contributed by atoms with Gasteiger partial charge in [0.25, 0.3) is 5.56 Å². The number of thiophene rings is 1. The van der Waals surface area contributed by atoms with Crippen LogP contribution in [0.5, 0.6) is 0 Å². The van der Waals surface area contributed by atoms with Gasteiger partial charge in [0, 0.05) is 26.1 Å². The number of aromatic nitrogens is 2.